The lowest BCUT2D eigenvalue weighted by atomic mass is 10.2. The summed E-state index contributed by atoms with van der Waals surface area (Å²) in [4.78, 5) is 14.0. The van der Waals surface area contributed by atoms with Crippen molar-refractivity contribution in [2.24, 2.45) is 0 Å². The number of carboxylic acids is 1. The Morgan fingerprint density at radius 1 is 1.28 bits per heavy atom. The summed E-state index contributed by atoms with van der Waals surface area (Å²) in [6.07, 6.45) is -4.17. The molecule has 1 aliphatic heterocycles. The van der Waals surface area contributed by atoms with E-state index in [2.05, 4.69) is 5.32 Å². The van der Waals surface area contributed by atoms with Crippen LogP contribution >= 0.6 is 0 Å². The van der Waals surface area contributed by atoms with E-state index in [1.54, 1.807) is 7.05 Å². The Bertz CT molecular complexity index is 278. The number of hydrogen-bond acceptors (Lipinski definition) is 4. The molecule has 0 spiro atoms. The van der Waals surface area contributed by atoms with Gasteiger partial charge in [-0.1, -0.05) is 0 Å². The lowest BCUT2D eigenvalue weighted by molar-refractivity contribution is -0.149. The molecular weight excluding hydrogens is 251 g/mol. The van der Waals surface area contributed by atoms with Crippen molar-refractivity contribution in [2.45, 2.75) is 12.2 Å². The van der Waals surface area contributed by atoms with Gasteiger partial charge < -0.3 is 10.4 Å². The molecule has 1 saturated heterocycles. The third-order valence-electron chi connectivity index (χ3n) is 2.96. The Labute approximate surface area is 104 Å². The number of hydrogen-bond donors (Lipinski definition) is 2. The van der Waals surface area contributed by atoms with Crippen LogP contribution in [-0.2, 0) is 4.79 Å². The highest BCUT2D eigenvalue weighted by Crippen LogP contribution is 2.17. The van der Waals surface area contributed by atoms with Crippen LogP contribution in [0.3, 0.4) is 0 Å². The van der Waals surface area contributed by atoms with Gasteiger partial charge >= 0.3 is 12.1 Å². The van der Waals surface area contributed by atoms with Gasteiger partial charge in [0.1, 0.15) is 6.04 Å². The number of alkyl halides is 3. The zero-order chi connectivity index (χ0) is 13.8. The Hall–Kier alpha value is -0.860. The van der Waals surface area contributed by atoms with Gasteiger partial charge in [-0.3, -0.25) is 14.6 Å². The van der Waals surface area contributed by atoms with Gasteiger partial charge in [-0.15, -0.1) is 0 Å². The van der Waals surface area contributed by atoms with Gasteiger partial charge in [-0.2, -0.15) is 13.2 Å². The summed E-state index contributed by atoms with van der Waals surface area (Å²) in [6, 6.07) is -0.681. The molecule has 1 rings (SSSR count). The summed E-state index contributed by atoms with van der Waals surface area (Å²) < 4.78 is 36.5. The van der Waals surface area contributed by atoms with Crippen LogP contribution in [0.2, 0.25) is 0 Å². The van der Waals surface area contributed by atoms with Crippen LogP contribution in [0.25, 0.3) is 0 Å². The van der Waals surface area contributed by atoms with Crippen molar-refractivity contribution in [2.75, 3.05) is 46.3 Å². The number of rotatable bonds is 5. The van der Waals surface area contributed by atoms with E-state index in [1.807, 2.05) is 4.90 Å². The summed E-state index contributed by atoms with van der Waals surface area (Å²) in [5, 5.41) is 11.5. The van der Waals surface area contributed by atoms with E-state index in [4.69, 9.17) is 5.11 Å². The van der Waals surface area contributed by atoms with Crippen molar-refractivity contribution >= 4 is 5.97 Å². The molecule has 106 valence electrons. The number of carbonyl (C=O) groups is 1. The molecule has 0 aliphatic carbocycles. The number of nitrogens with one attached hydrogen (secondary N) is 1. The van der Waals surface area contributed by atoms with Gasteiger partial charge in [0.05, 0.1) is 6.54 Å². The second kappa shape index (κ2) is 6.35. The first kappa shape index (κ1) is 15.2. The van der Waals surface area contributed by atoms with Crippen LogP contribution in [0.15, 0.2) is 0 Å². The first-order valence-electron chi connectivity index (χ1n) is 5.73. The average Bonchev–Trinajstić information content (AvgIpc) is 2.25. The van der Waals surface area contributed by atoms with Gasteiger partial charge in [0.15, 0.2) is 0 Å². The number of likely N-dealkylation sites (N-methyl/N-ethyl adjacent to an activating group) is 1. The first-order valence-corrected chi connectivity index (χ1v) is 5.73. The smallest absolute Gasteiger partial charge is 0.401 e. The second-order valence-electron chi connectivity index (χ2n) is 4.37. The minimum absolute atomic E-state index is 0.311. The van der Waals surface area contributed by atoms with E-state index >= 15 is 0 Å². The summed E-state index contributed by atoms with van der Waals surface area (Å²) in [5.41, 5.74) is 0. The summed E-state index contributed by atoms with van der Waals surface area (Å²) >= 11 is 0. The van der Waals surface area contributed by atoms with E-state index < -0.39 is 24.7 Å². The molecule has 1 heterocycles. The number of nitrogens with zero attached hydrogens (tertiary/aromatic N) is 2. The van der Waals surface area contributed by atoms with Crippen LogP contribution in [0.5, 0.6) is 0 Å². The van der Waals surface area contributed by atoms with Gasteiger partial charge in [-0.25, -0.2) is 0 Å². The van der Waals surface area contributed by atoms with Gasteiger partial charge in [0.25, 0.3) is 0 Å². The van der Waals surface area contributed by atoms with E-state index in [-0.39, 0.29) is 0 Å². The highest BCUT2D eigenvalue weighted by atomic mass is 19.4. The molecule has 5 nitrogen and oxygen atoms in total. The van der Waals surface area contributed by atoms with Gasteiger partial charge in [0, 0.05) is 32.7 Å². The summed E-state index contributed by atoms with van der Waals surface area (Å²) in [5.74, 6) is -0.949. The van der Waals surface area contributed by atoms with E-state index in [9.17, 15) is 18.0 Å². The third kappa shape index (κ3) is 5.19. The normalized spacial score (nSPS) is 20.9. The fourth-order valence-electron chi connectivity index (χ4n) is 1.93. The largest absolute Gasteiger partial charge is 0.480 e. The molecule has 0 saturated carbocycles. The van der Waals surface area contributed by atoms with Crippen LogP contribution in [0.4, 0.5) is 13.2 Å². The maximum absolute atomic E-state index is 12.2. The average molecular weight is 269 g/mol. The molecule has 1 unspecified atom stereocenters. The summed E-state index contributed by atoms with van der Waals surface area (Å²) in [6.45, 7) is 0.967. The standard InChI is InChI=1S/C10H18F3N3O2/c1-14-8(9(17)18)6-15-2-4-16(5-3-15)7-10(11,12)13/h8,14H,2-7H2,1H3,(H,17,18). The molecule has 1 aliphatic rings. The molecule has 0 aromatic heterocycles. The highest BCUT2D eigenvalue weighted by molar-refractivity contribution is 5.73. The molecule has 1 fully saturated rings. The quantitative estimate of drug-likeness (QED) is 0.726. The fourth-order valence-corrected chi connectivity index (χ4v) is 1.93. The predicted molar refractivity (Wildman–Crippen MR) is 59.4 cm³/mol. The molecule has 1 atom stereocenters. The van der Waals surface area contributed by atoms with Crippen molar-refractivity contribution in [3.05, 3.63) is 0 Å². The van der Waals surface area contributed by atoms with E-state index in [0.29, 0.717) is 32.7 Å². The lowest BCUT2D eigenvalue weighted by Crippen LogP contribution is -2.53. The molecule has 0 amide bonds. The molecule has 0 aromatic rings. The van der Waals surface area contributed by atoms with Gasteiger partial charge in [-0.05, 0) is 7.05 Å². The van der Waals surface area contributed by atoms with Crippen molar-refractivity contribution in [3.8, 4) is 0 Å². The van der Waals surface area contributed by atoms with Gasteiger partial charge in [0.2, 0.25) is 0 Å². The minimum Gasteiger partial charge on any atom is -0.480 e. The zero-order valence-corrected chi connectivity index (χ0v) is 10.2. The molecule has 0 aromatic carbocycles. The maximum atomic E-state index is 12.2. The Kier molecular flexibility index (Phi) is 5.36. The Balaban J connectivity index is 2.33. The molecule has 18 heavy (non-hydrogen) atoms. The van der Waals surface area contributed by atoms with E-state index in [0.717, 1.165) is 0 Å². The summed E-state index contributed by atoms with van der Waals surface area (Å²) in [7, 11) is 1.55. The minimum atomic E-state index is -4.17. The van der Waals surface area contributed by atoms with Crippen LogP contribution in [-0.4, -0.2) is 79.4 Å². The number of carboxylic acid groups (broad SMARTS) is 1. The zero-order valence-electron chi connectivity index (χ0n) is 10.2. The molecule has 0 bridgehead atoms. The Morgan fingerprint density at radius 2 is 1.78 bits per heavy atom. The van der Waals surface area contributed by atoms with Crippen LogP contribution in [0.1, 0.15) is 0 Å². The van der Waals surface area contributed by atoms with Crippen molar-refractivity contribution in [1.29, 1.82) is 0 Å². The molecule has 2 N–H and O–H groups in total. The predicted octanol–water partition coefficient (Wildman–Crippen LogP) is -0.161. The third-order valence-corrected chi connectivity index (χ3v) is 2.96. The first-order chi connectivity index (χ1) is 8.31. The van der Waals surface area contributed by atoms with E-state index in [1.165, 1.54) is 4.90 Å². The molecular formula is C10H18F3N3O2. The maximum Gasteiger partial charge on any atom is 0.401 e. The number of halogens is 3. The number of aliphatic carboxylic acids is 1. The molecule has 0 radical (unpaired) electrons. The molecule has 8 heteroatoms. The Morgan fingerprint density at radius 3 is 2.17 bits per heavy atom. The lowest BCUT2D eigenvalue weighted by Gasteiger charge is -2.35. The van der Waals surface area contributed by atoms with Crippen LogP contribution < -0.4 is 5.32 Å². The van der Waals surface area contributed by atoms with Crippen molar-refractivity contribution in [3.63, 3.8) is 0 Å². The number of piperazine rings is 1. The van der Waals surface area contributed by atoms with Crippen LogP contribution in [0, 0.1) is 0 Å². The topological polar surface area (TPSA) is 55.8 Å². The second-order valence-corrected chi connectivity index (χ2v) is 4.37. The highest BCUT2D eigenvalue weighted by Gasteiger charge is 2.32. The van der Waals surface area contributed by atoms with Crippen molar-refractivity contribution in [1.82, 2.24) is 15.1 Å². The monoisotopic (exact) mass is 269 g/mol. The SMILES string of the molecule is CNC(CN1CCN(CC(F)(F)F)CC1)C(=O)O. The van der Waals surface area contributed by atoms with Crippen molar-refractivity contribution < 1.29 is 23.1 Å². The fraction of sp³-hybridized carbons (Fsp3) is 0.900.